The number of rotatable bonds is 7. The minimum atomic E-state index is -0.195. The third kappa shape index (κ3) is 4.71. The Labute approximate surface area is 168 Å². The zero-order valence-electron chi connectivity index (χ0n) is 17.1. The smallest absolute Gasteiger partial charge is 0.255 e. The van der Waals surface area contributed by atoms with E-state index < -0.39 is 0 Å². The maximum atomic E-state index is 12.5. The number of aromatic nitrogens is 4. The number of nitrogens with one attached hydrogen (secondary N) is 2. The van der Waals surface area contributed by atoms with Gasteiger partial charge in [0.25, 0.3) is 5.56 Å². The third-order valence-electron chi connectivity index (χ3n) is 4.66. The summed E-state index contributed by atoms with van der Waals surface area (Å²) in [4.78, 5) is 31.9. The summed E-state index contributed by atoms with van der Waals surface area (Å²) in [7, 11) is 1.62. The second kappa shape index (κ2) is 8.72. The van der Waals surface area contributed by atoms with Gasteiger partial charge in [-0.2, -0.15) is 9.78 Å². The number of H-pyrrole nitrogens is 1. The lowest BCUT2D eigenvalue weighted by molar-refractivity contribution is -0.116. The molecule has 0 spiro atoms. The summed E-state index contributed by atoms with van der Waals surface area (Å²) < 4.78 is 6.60. The molecular formula is C21H25N5O3. The molecule has 0 aliphatic rings. The van der Waals surface area contributed by atoms with Crippen molar-refractivity contribution in [2.24, 2.45) is 0 Å². The molecule has 8 nitrogen and oxygen atoms in total. The molecule has 8 heteroatoms. The van der Waals surface area contributed by atoms with Gasteiger partial charge in [0, 0.05) is 23.7 Å². The summed E-state index contributed by atoms with van der Waals surface area (Å²) >= 11 is 0. The van der Waals surface area contributed by atoms with Crippen molar-refractivity contribution in [3.8, 4) is 11.7 Å². The van der Waals surface area contributed by atoms with Crippen LogP contribution in [0.5, 0.6) is 5.75 Å². The van der Waals surface area contributed by atoms with Crippen molar-refractivity contribution in [3.63, 3.8) is 0 Å². The molecule has 2 heterocycles. The number of carbonyl (C=O) groups is 1. The van der Waals surface area contributed by atoms with E-state index >= 15 is 0 Å². The van der Waals surface area contributed by atoms with Crippen molar-refractivity contribution >= 4 is 11.7 Å². The van der Waals surface area contributed by atoms with Crippen LogP contribution in [0.15, 0.2) is 35.1 Å². The number of hydrogen-bond donors (Lipinski definition) is 2. The Kier molecular flexibility index (Phi) is 6.11. The fourth-order valence-corrected chi connectivity index (χ4v) is 3.12. The maximum absolute atomic E-state index is 12.5. The van der Waals surface area contributed by atoms with Crippen molar-refractivity contribution < 1.29 is 9.53 Å². The molecule has 2 aromatic heterocycles. The lowest BCUT2D eigenvalue weighted by atomic mass is 10.1. The van der Waals surface area contributed by atoms with Gasteiger partial charge in [-0.1, -0.05) is 19.1 Å². The van der Waals surface area contributed by atoms with Crippen molar-refractivity contribution in [2.45, 2.75) is 40.0 Å². The Hall–Kier alpha value is -3.42. The number of hydrogen-bond acceptors (Lipinski definition) is 5. The standard InChI is InChI=1S/C21H25N5O3/c1-5-17-14(3)22-21(24-20(17)28)26-18(12-13(2)25-26)23-19(27)11-8-15-6-9-16(29-4)10-7-15/h6-7,9-10,12H,5,8,11H2,1-4H3,(H,23,27)(H,22,24,28). The molecule has 0 atom stereocenters. The van der Waals surface area contributed by atoms with Crippen molar-refractivity contribution in [3.05, 3.63) is 63.2 Å². The van der Waals surface area contributed by atoms with Crippen LogP contribution >= 0.6 is 0 Å². The summed E-state index contributed by atoms with van der Waals surface area (Å²) in [6.45, 7) is 5.52. The van der Waals surface area contributed by atoms with E-state index in [-0.39, 0.29) is 17.4 Å². The first-order chi connectivity index (χ1) is 13.9. The first-order valence-corrected chi connectivity index (χ1v) is 9.51. The number of carbonyl (C=O) groups excluding carboxylic acids is 1. The van der Waals surface area contributed by atoms with Crippen molar-refractivity contribution in [1.29, 1.82) is 0 Å². The summed E-state index contributed by atoms with van der Waals surface area (Å²) in [6, 6.07) is 9.36. The fourth-order valence-electron chi connectivity index (χ4n) is 3.12. The van der Waals surface area contributed by atoms with E-state index in [1.807, 2.05) is 38.1 Å². The highest BCUT2D eigenvalue weighted by atomic mass is 16.5. The number of methoxy groups -OCH3 is 1. The van der Waals surface area contributed by atoms with Crippen LogP contribution in [0, 0.1) is 13.8 Å². The molecule has 0 bridgehead atoms. The molecule has 0 radical (unpaired) electrons. The average Bonchev–Trinajstić information content (AvgIpc) is 3.06. The maximum Gasteiger partial charge on any atom is 0.255 e. The highest BCUT2D eigenvalue weighted by Gasteiger charge is 2.15. The van der Waals surface area contributed by atoms with Crippen LogP contribution in [0.25, 0.3) is 5.95 Å². The van der Waals surface area contributed by atoms with Gasteiger partial charge in [0.2, 0.25) is 11.9 Å². The SMILES string of the molecule is CCc1c(C)nc(-n2nc(C)cc2NC(=O)CCc2ccc(OC)cc2)[nH]c1=O. The second-order valence-electron chi connectivity index (χ2n) is 6.79. The molecule has 3 aromatic rings. The minimum absolute atomic E-state index is 0.147. The van der Waals surface area contributed by atoms with E-state index in [9.17, 15) is 9.59 Å². The van der Waals surface area contributed by atoms with Gasteiger partial charge in [-0.05, 0) is 44.4 Å². The number of ether oxygens (including phenoxy) is 1. The van der Waals surface area contributed by atoms with E-state index in [0.717, 1.165) is 11.3 Å². The zero-order chi connectivity index (χ0) is 21.0. The summed E-state index contributed by atoms with van der Waals surface area (Å²) in [6.07, 6.45) is 1.51. The van der Waals surface area contributed by atoms with Gasteiger partial charge in [-0.15, -0.1) is 0 Å². The van der Waals surface area contributed by atoms with E-state index in [0.29, 0.717) is 42.0 Å². The molecule has 1 aromatic carbocycles. The van der Waals surface area contributed by atoms with Gasteiger partial charge in [0.05, 0.1) is 12.8 Å². The van der Waals surface area contributed by atoms with Crippen LogP contribution in [0.3, 0.4) is 0 Å². The Bertz CT molecular complexity index is 1070. The van der Waals surface area contributed by atoms with Crippen LogP contribution in [-0.4, -0.2) is 32.8 Å². The largest absolute Gasteiger partial charge is 0.497 e. The molecule has 2 N–H and O–H groups in total. The van der Waals surface area contributed by atoms with Crippen molar-refractivity contribution in [2.75, 3.05) is 12.4 Å². The van der Waals surface area contributed by atoms with Gasteiger partial charge < -0.3 is 10.1 Å². The van der Waals surface area contributed by atoms with E-state index in [4.69, 9.17) is 4.74 Å². The first-order valence-electron chi connectivity index (χ1n) is 9.51. The molecule has 0 saturated carbocycles. The topological polar surface area (TPSA) is 102 Å². The van der Waals surface area contributed by atoms with Gasteiger partial charge in [-0.25, -0.2) is 4.98 Å². The van der Waals surface area contributed by atoms with E-state index in [1.165, 1.54) is 4.68 Å². The zero-order valence-corrected chi connectivity index (χ0v) is 17.1. The fraction of sp³-hybridized carbons (Fsp3) is 0.333. The molecule has 0 unspecified atom stereocenters. The highest BCUT2D eigenvalue weighted by Crippen LogP contribution is 2.16. The van der Waals surface area contributed by atoms with Crippen LogP contribution in [0.1, 0.15) is 35.9 Å². The summed E-state index contributed by atoms with van der Waals surface area (Å²) in [5.41, 5.74) is 2.84. The number of aromatic amines is 1. The Morgan fingerprint density at radius 3 is 2.59 bits per heavy atom. The number of nitrogens with zero attached hydrogens (tertiary/aromatic N) is 3. The second-order valence-corrected chi connectivity index (χ2v) is 6.79. The first kappa shape index (κ1) is 20.3. The predicted molar refractivity (Wildman–Crippen MR) is 111 cm³/mol. The number of amides is 1. The predicted octanol–water partition coefficient (Wildman–Crippen LogP) is 2.71. The molecule has 152 valence electrons. The Balaban J connectivity index is 1.75. The molecular weight excluding hydrogens is 370 g/mol. The monoisotopic (exact) mass is 395 g/mol. The third-order valence-corrected chi connectivity index (χ3v) is 4.66. The number of anilines is 1. The lowest BCUT2D eigenvalue weighted by Gasteiger charge is -2.10. The normalized spacial score (nSPS) is 10.8. The quantitative estimate of drug-likeness (QED) is 0.640. The molecule has 0 fully saturated rings. The lowest BCUT2D eigenvalue weighted by Crippen LogP contribution is -2.22. The molecule has 3 rings (SSSR count). The van der Waals surface area contributed by atoms with Crippen LogP contribution in [0.4, 0.5) is 5.82 Å². The van der Waals surface area contributed by atoms with Gasteiger partial charge in [0.15, 0.2) is 0 Å². The van der Waals surface area contributed by atoms with Gasteiger partial charge >= 0.3 is 0 Å². The molecule has 0 aliphatic heterocycles. The highest BCUT2D eigenvalue weighted by molar-refractivity contribution is 5.90. The molecule has 0 saturated heterocycles. The Morgan fingerprint density at radius 1 is 1.24 bits per heavy atom. The number of aryl methyl sites for hydroxylation is 3. The summed E-state index contributed by atoms with van der Waals surface area (Å²) in [5, 5.41) is 7.23. The van der Waals surface area contributed by atoms with Gasteiger partial charge in [0.1, 0.15) is 11.6 Å². The average molecular weight is 395 g/mol. The van der Waals surface area contributed by atoms with Crippen LogP contribution in [-0.2, 0) is 17.6 Å². The van der Waals surface area contributed by atoms with Crippen LogP contribution in [0.2, 0.25) is 0 Å². The van der Waals surface area contributed by atoms with E-state index in [1.54, 1.807) is 20.1 Å². The Morgan fingerprint density at radius 2 is 1.97 bits per heavy atom. The summed E-state index contributed by atoms with van der Waals surface area (Å²) in [5.74, 6) is 1.38. The minimum Gasteiger partial charge on any atom is -0.497 e. The van der Waals surface area contributed by atoms with Gasteiger partial charge in [-0.3, -0.25) is 14.6 Å². The molecule has 0 aliphatic carbocycles. The number of benzene rings is 1. The molecule has 29 heavy (non-hydrogen) atoms. The molecule has 1 amide bonds. The van der Waals surface area contributed by atoms with Crippen LogP contribution < -0.4 is 15.6 Å². The van der Waals surface area contributed by atoms with Crippen molar-refractivity contribution in [1.82, 2.24) is 19.7 Å². The van der Waals surface area contributed by atoms with E-state index in [2.05, 4.69) is 20.4 Å².